The van der Waals surface area contributed by atoms with Gasteiger partial charge in [-0.1, -0.05) is 25.1 Å². The predicted molar refractivity (Wildman–Crippen MR) is 68.0 cm³/mol. The van der Waals surface area contributed by atoms with Crippen LogP contribution in [0.1, 0.15) is 12.5 Å². The SMILES string of the molecule is CC(CN)C(=O)N1CCc2ccccc21.Cl. The molecule has 1 aromatic rings. The van der Waals surface area contributed by atoms with E-state index in [0.29, 0.717) is 6.54 Å². The normalized spacial score (nSPS) is 15.2. The molecule has 3 nitrogen and oxygen atoms in total. The highest BCUT2D eigenvalue weighted by Crippen LogP contribution is 2.28. The summed E-state index contributed by atoms with van der Waals surface area (Å²) in [6.45, 7) is 3.09. The van der Waals surface area contributed by atoms with Crippen molar-refractivity contribution >= 4 is 24.0 Å². The van der Waals surface area contributed by atoms with Crippen LogP contribution in [0.5, 0.6) is 0 Å². The van der Waals surface area contributed by atoms with Gasteiger partial charge in [0.2, 0.25) is 5.91 Å². The topological polar surface area (TPSA) is 46.3 Å². The lowest BCUT2D eigenvalue weighted by atomic mass is 10.1. The summed E-state index contributed by atoms with van der Waals surface area (Å²) in [5, 5.41) is 0. The molecule has 16 heavy (non-hydrogen) atoms. The maximum atomic E-state index is 12.0. The molecule has 0 radical (unpaired) electrons. The number of anilines is 1. The number of carbonyl (C=O) groups excluding carboxylic acids is 1. The molecule has 0 aliphatic carbocycles. The van der Waals surface area contributed by atoms with Crippen LogP contribution in [0, 0.1) is 5.92 Å². The monoisotopic (exact) mass is 240 g/mol. The Labute approximate surface area is 102 Å². The first-order valence-corrected chi connectivity index (χ1v) is 5.33. The highest BCUT2D eigenvalue weighted by atomic mass is 35.5. The van der Waals surface area contributed by atoms with Crippen LogP contribution in [0.15, 0.2) is 24.3 Å². The van der Waals surface area contributed by atoms with Gasteiger partial charge in [0.25, 0.3) is 0 Å². The molecular formula is C12H17ClN2O. The van der Waals surface area contributed by atoms with E-state index >= 15 is 0 Å². The maximum absolute atomic E-state index is 12.0. The minimum absolute atomic E-state index is 0. The number of rotatable bonds is 2. The minimum atomic E-state index is -0.0869. The lowest BCUT2D eigenvalue weighted by molar-refractivity contribution is -0.121. The van der Waals surface area contributed by atoms with Gasteiger partial charge in [0.05, 0.1) is 0 Å². The number of nitrogens with two attached hydrogens (primary N) is 1. The van der Waals surface area contributed by atoms with Crippen LogP contribution >= 0.6 is 12.4 Å². The number of carbonyl (C=O) groups is 1. The first-order valence-electron chi connectivity index (χ1n) is 5.33. The fourth-order valence-electron chi connectivity index (χ4n) is 1.93. The van der Waals surface area contributed by atoms with Gasteiger partial charge in [-0.25, -0.2) is 0 Å². The molecule has 1 unspecified atom stereocenters. The zero-order chi connectivity index (χ0) is 10.8. The van der Waals surface area contributed by atoms with E-state index < -0.39 is 0 Å². The number of hydrogen-bond donors (Lipinski definition) is 1. The molecule has 1 amide bonds. The van der Waals surface area contributed by atoms with Crippen LogP contribution in [0.2, 0.25) is 0 Å². The van der Waals surface area contributed by atoms with Crippen molar-refractivity contribution in [3.63, 3.8) is 0 Å². The van der Waals surface area contributed by atoms with Gasteiger partial charge in [-0.2, -0.15) is 0 Å². The molecule has 0 aromatic heterocycles. The smallest absolute Gasteiger partial charge is 0.231 e. The Morgan fingerprint density at radius 2 is 2.19 bits per heavy atom. The highest BCUT2D eigenvalue weighted by Gasteiger charge is 2.26. The van der Waals surface area contributed by atoms with E-state index in [2.05, 4.69) is 6.07 Å². The summed E-state index contributed by atoms with van der Waals surface area (Å²) in [6, 6.07) is 8.07. The summed E-state index contributed by atoms with van der Waals surface area (Å²) in [5.74, 6) is 0.0543. The molecule has 1 atom stereocenters. The van der Waals surface area contributed by atoms with Crippen molar-refractivity contribution in [2.75, 3.05) is 18.0 Å². The van der Waals surface area contributed by atoms with Crippen molar-refractivity contribution in [2.24, 2.45) is 11.7 Å². The Morgan fingerprint density at radius 3 is 2.88 bits per heavy atom. The molecule has 2 N–H and O–H groups in total. The number of benzene rings is 1. The summed E-state index contributed by atoms with van der Waals surface area (Å²) in [5.41, 5.74) is 7.83. The van der Waals surface area contributed by atoms with Gasteiger partial charge >= 0.3 is 0 Å². The average molecular weight is 241 g/mol. The van der Waals surface area contributed by atoms with E-state index in [1.165, 1.54) is 5.56 Å². The third kappa shape index (κ3) is 2.20. The van der Waals surface area contributed by atoms with Crippen LogP contribution in [-0.2, 0) is 11.2 Å². The minimum Gasteiger partial charge on any atom is -0.330 e. The zero-order valence-corrected chi connectivity index (χ0v) is 10.2. The predicted octanol–water partition coefficient (Wildman–Crippen LogP) is 1.59. The number of hydrogen-bond acceptors (Lipinski definition) is 2. The van der Waals surface area contributed by atoms with Crippen LogP contribution < -0.4 is 10.6 Å². The number of amides is 1. The van der Waals surface area contributed by atoms with E-state index in [-0.39, 0.29) is 24.2 Å². The summed E-state index contributed by atoms with van der Waals surface area (Å²) >= 11 is 0. The van der Waals surface area contributed by atoms with Crippen molar-refractivity contribution in [1.29, 1.82) is 0 Å². The Kier molecular flexibility index (Phi) is 4.33. The molecule has 1 aliphatic heterocycles. The zero-order valence-electron chi connectivity index (χ0n) is 9.35. The molecule has 4 heteroatoms. The standard InChI is InChI=1S/C12H16N2O.ClH/c1-9(8-13)12(15)14-7-6-10-4-2-3-5-11(10)14;/h2-5,9H,6-8,13H2,1H3;1H. The quantitative estimate of drug-likeness (QED) is 0.854. The summed E-state index contributed by atoms with van der Waals surface area (Å²) in [4.78, 5) is 13.8. The second-order valence-electron chi connectivity index (χ2n) is 4.01. The van der Waals surface area contributed by atoms with Gasteiger partial charge in [-0.3, -0.25) is 4.79 Å². The molecule has 88 valence electrons. The molecule has 0 saturated carbocycles. The summed E-state index contributed by atoms with van der Waals surface area (Å²) < 4.78 is 0. The Morgan fingerprint density at radius 1 is 1.50 bits per heavy atom. The maximum Gasteiger partial charge on any atom is 0.231 e. The lowest BCUT2D eigenvalue weighted by Crippen LogP contribution is -2.36. The van der Waals surface area contributed by atoms with Crippen molar-refractivity contribution in [2.45, 2.75) is 13.3 Å². The molecule has 1 aromatic carbocycles. The summed E-state index contributed by atoms with van der Waals surface area (Å²) in [6.07, 6.45) is 0.958. The Bertz CT molecular complexity index is 381. The van der Waals surface area contributed by atoms with E-state index in [1.807, 2.05) is 30.0 Å². The highest BCUT2D eigenvalue weighted by molar-refractivity contribution is 5.96. The number of fused-ring (bicyclic) bond motifs is 1. The van der Waals surface area contributed by atoms with Gasteiger partial charge in [0.1, 0.15) is 0 Å². The van der Waals surface area contributed by atoms with Crippen LogP contribution in [0.25, 0.3) is 0 Å². The molecule has 1 aliphatic rings. The van der Waals surface area contributed by atoms with Gasteiger partial charge in [0, 0.05) is 24.7 Å². The van der Waals surface area contributed by atoms with E-state index in [4.69, 9.17) is 5.73 Å². The molecule has 2 rings (SSSR count). The van der Waals surface area contributed by atoms with Crippen LogP contribution in [0.4, 0.5) is 5.69 Å². The lowest BCUT2D eigenvalue weighted by Gasteiger charge is -2.20. The first-order chi connectivity index (χ1) is 7.24. The Balaban J connectivity index is 0.00000128. The third-order valence-electron chi connectivity index (χ3n) is 2.93. The molecule has 0 fully saturated rings. The van der Waals surface area contributed by atoms with E-state index in [1.54, 1.807) is 0 Å². The largest absolute Gasteiger partial charge is 0.330 e. The first kappa shape index (κ1) is 13.0. The third-order valence-corrected chi connectivity index (χ3v) is 2.93. The van der Waals surface area contributed by atoms with Crippen molar-refractivity contribution < 1.29 is 4.79 Å². The van der Waals surface area contributed by atoms with Gasteiger partial charge in [0.15, 0.2) is 0 Å². The molecule has 0 bridgehead atoms. The van der Waals surface area contributed by atoms with Crippen LogP contribution in [-0.4, -0.2) is 19.0 Å². The fraction of sp³-hybridized carbons (Fsp3) is 0.417. The van der Waals surface area contributed by atoms with Crippen molar-refractivity contribution in [3.8, 4) is 0 Å². The fourth-order valence-corrected chi connectivity index (χ4v) is 1.93. The molecule has 1 heterocycles. The second-order valence-corrected chi connectivity index (χ2v) is 4.01. The number of para-hydroxylation sites is 1. The van der Waals surface area contributed by atoms with Crippen molar-refractivity contribution in [1.82, 2.24) is 0 Å². The van der Waals surface area contributed by atoms with Crippen LogP contribution in [0.3, 0.4) is 0 Å². The number of nitrogens with zero attached hydrogens (tertiary/aromatic N) is 1. The van der Waals surface area contributed by atoms with Gasteiger partial charge < -0.3 is 10.6 Å². The van der Waals surface area contributed by atoms with Crippen molar-refractivity contribution in [3.05, 3.63) is 29.8 Å². The van der Waals surface area contributed by atoms with Gasteiger partial charge in [-0.05, 0) is 18.1 Å². The average Bonchev–Trinajstić information content (AvgIpc) is 2.70. The molecule has 0 spiro atoms. The summed E-state index contributed by atoms with van der Waals surface area (Å²) in [7, 11) is 0. The van der Waals surface area contributed by atoms with E-state index in [0.717, 1.165) is 18.7 Å². The Hall–Kier alpha value is -1.06. The number of halogens is 1. The van der Waals surface area contributed by atoms with Gasteiger partial charge in [-0.15, -0.1) is 12.4 Å². The molecule has 0 saturated heterocycles. The molecular weight excluding hydrogens is 224 g/mol. The van der Waals surface area contributed by atoms with E-state index in [9.17, 15) is 4.79 Å². The second kappa shape index (κ2) is 5.32.